The van der Waals surface area contributed by atoms with E-state index in [2.05, 4.69) is 10.6 Å². The van der Waals surface area contributed by atoms with E-state index < -0.39 is 11.7 Å². The SMILES string of the molecule is Cl.N#Cc1ccc(N2CC(C(=O)NC3CC3)C3(CCNCC3)C2)cc1C(F)(F)F. The fourth-order valence-corrected chi connectivity index (χ4v) is 4.55. The molecule has 1 amide bonds. The summed E-state index contributed by atoms with van der Waals surface area (Å²) in [7, 11) is 0. The van der Waals surface area contributed by atoms with Crippen LogP contribution in [0.15, 0.2) is 18.2 Å². The van der Waals surface area contributed by atoms with Gasteiger partial charge in [-0.1, -0.05) is 0 Å². The van der Waals surface area contributed by atoms with Crippen molar-refractivity contribution in [3.8, 4) is 6.07 Å². The molecule has 1 aliphatic carbocycles. The van der Waals surface area contributed by atoms with Crippen LogP contribution in [0, 0.1) is 22.7 Å². The number of alkyl halides is 3. The summed E-state index contributed by atoms with van der Waals surface area (Å²) in [5.74, 6) is -0.211. The molecule has 3 fully saturated rings. The molecule has 1 atom stereocenters. The van der Waals surface area contributed by atoms with Gasteiger partial charge in [-0.2, -0.15) is 18.4 Å². The number of benzene rings is 1. The standard InChI is InChI=1S/C20H23F3N4O.ClH/c21-20(22,23)16-9-15(4-1-13(16)10-24)27-11-17(18(28)26-14-2-3-14)19(12-27)5-7-25-8-6-19;/h1,4,9,14,17,25H,2-3,5-8,11-12H2,(H,26,28);1H. The Labute approximate surface area is 174 Å². The first-order valence-electron chi connectivity index (χ1n) is 9.70. The van der Waals surface area contributed by atoms with E-state index in [1.165, 1.54) is 6.07 Å². The second-order valence-electron chi connectivity index (χ2n) is 8.17. The van der Waals surface area contributed by atoms with Crippen LogP contribution in [0.2, 0.25) is 0 Å². The molecule has 1 unspecified atom stereocenters. The molecule has 158 valence electrons. The molecule has 3 aliphatic rings. The maximum absolute atomic E-state index is 13.4. The van der Waals surface area contributed by atoms with Crippen molar-refractivity contribution >= 4 is 24.0 Å². The molecule has 2 N–H and O–H groups in total. The molecule has 29 heavy (non-hydrogen) atoms. The van der Waals surface area contributed by atoms with Crippen molar-refractivity contribution < 1.29 is 18.0 Å². The molecule has 1 spiro atoms. The van der Waals surface area contributed by atoms with Gasteiger partial charge < -0.3 is 15.5 Å². The first kappa shape index (κ1) is 21.7. The van der Waals surface area contributed by atoms with Crippen LogP contribution in [0.4, 0.5) is 18.9 Å². The first-order valence-corrected chi connectivity index (χ1v) is 9.70. The second-order valence-corrected chi connectivity index (χ2v) is 8.17. The number of anilines is 1. The molecule has 0 bridgehead atoms. The zero-order valence-electron chi connectivity index (χ0n) is 15.9. The number of piperidine rings is 1. The molecule has 2 aliphatic heterocycles. The Morgan fingerprint density at radius 3 is 2.55 bits per heavy atom. The van der Waals surface area contributed by atoms with Crippen LogP contribution in [0.5, 0.6) is 0 Å². The van der Waals surface area contributed by atoms with Gasteiger partial charge in [-0.05, 0) is 57.0 Å². The van der Waals surface area contributed by atoms with Gasteiger partial charge in [-0.3, -0.25) is 4.79 Å². The molecule has 2 saturated heterocycles. The van der Waals surface area contributed by atoms with Gasteiger partial charge in [0.25, 0.3) is 0 Å². The average molecular weight is 429 g/mol. The van der Waals surface area contributed by atoms with Crippen LogP contribution in [0.25, 0.3) is 0 Å². The van der Waals surface area contributed by atoms with Crippen LogP contribution >= 0.6 is 12.4 Å². The Kier molecular flexibility index (Phi) is 6.02. The lowest BCUT2D eigenvalue weighted by Gasteiger charge is -2.37. The van der Waals surface area contributed by atoms with Gasteiger partial charge >= 0.3 is 6.18 Å². The van der Waals surface area contributed by atoms with E-state index in [4.69, 9.17) is 5.26 Å². The zero-order chi connectivity index (χ0) is 19.9. The van der Waals surface area contributed by atoms with E-state index >= 15 is 0 Å². The summed E-state index contributed by atoms with van der Waals surface area (Å²) in [5.41, 5.74) is -1.10. The lowest BCUT2D eigenvalue weighted by Crippen LogP contribution is -2.47. The van der Waals surface area contributed by atoms with Crippen molar-refractivity contribution in [2.24, 2.45) is 11.3 Å². The highest BCUT2D eigenvalue weighted by molar-refractivity contribution is 5.85. The fraction of sp³-hybridized carbons (Fsp3) is 0.600. The summed E-state index contributed by atoms with van der Waals surface area (Å²) in [6, 6.07) is 5.71. The summed E-state index contributed by atoms with van der Waals surface area (Å²) in [6.45, 7) is 2.58. The minimum absolute atomic E-state index is 0. The molecule has 4 rings (SSSR count). The number of nitrogens with one attached hydrogen (secondary N) is 2. The Balaban J connectivity index is 0.00000240. The molecule has 0 radical (unpaired) electrons. The topological polar surface area (TPSA) is 68.2 Å². The van der Waals surface area contributed by atoms with E-state index in [0.717, 1.165) is 44.8 Å². The molecule has 1 saturated carbocycles. The third-order valence-electron chi connectivity index (χ3n) is 6.28. The summed E-state index contributed by atoms with van der Waals surface area (Å²) in [6.07, 6.45) is -0.929. The van der Waals surface area contributed by atoms with Crippen molar-refractivity contribution in [1.82, 2.24) is 10.6 Å². The number of hydrogen-bond acceptors (Lipinski definition) is 4. The van der Waals surface area contributed by atoms with E-state index in [1.807, 2.05) is 4.90 Å². The van der Waals surface area contributed by atoms with Gasteiger partial charge in [-0.25, -0.2) is 0 Å². The molecule has 1 aromatic rings. The van der Waals surface area contributed by atoms with Crippen molar-refractivity contribution in [2.75, 3.05) is 31.1 Å². The van der Waals surface area contributed by atoms with Crippen LogP contribution in [0.3, 0.4) is 0 Å². The monoisotopic (exact) mass is 428 g/mol. The summed E-state index contributed by atoms with van der Waals surface area (Å²) < 4.78 is 40.1. The second kappa shape index (κ2) is 8.04. The highest BCUT2D eigenvalue weighted by atomic mass is 35.5. The molecular weight excluding hydrogens is 405 g/mol. The quantitative estimate of drug-likeness (QED) is 0.776. The van der Waals surface area contributed by atoms with Crippen LogP contribution in [-0.2, 0) is 11.0 Å². The highest BCUT2D eigenvalue weighted by Gasteiger charge is 2.51. The highest BCUT2D eigenvalue weighted by Crippen LogP contribution is 2.46. The first-order chi connectivity index (χ1) is 13.3. The predicted molar refractivity (Wildman–Crippen MR) is 105 cm³/mol. The van der Waals surface area contributed by atoms with Crippen molar-refractivity contribution in [3.63, 3.8) is 0 Å². The molecule has 5 nitrogen and oxygen atoms in total. The molecular formula is C20H24ClF3N4O. The molecule has 1 aromatic carbocycles. The molecule has 0 aromatic heterocycles. The van der Waals surface area contributed by atoms with E-state index in [1.54, 1.807) is 12.1 Å². The number of carbonyl (C=O) groups is 1. The Morgan fingerprint density at radius 2 is 1.97 bits per heavy atom. The number of nitriles is 1. The third-order valence-corrected chi connectivity index (χ3v) is 6.28. The van der Waals surface area contributed by atoms with Crippen molar-refractivity contribution in [2.45, 2.75) is 37.9 Å². The Morgan fingerprint density at radius 1 is 1.28 bits per heavy atom. The van der Waals surface area contributed by atoms with Gasteiger partial charge in [0.05, 0.1) is 23.1 Å². The third kappa shape index (κ3) is 4.31. The Bertz CT molecular complexity index is 813. The number of nitrogens with zero attached hydrogens (tertiary/aromatic N) is 2. The minimum atomic E-state index is -4.59. The number of carbonyl (C=O) groups excluding carboxylic acids is 1. The zero-order valence-corrected chi connectivity index (χ0v) is 16.7. The van der Waals surface area contributed by atoms with E-state index in [-0.39, 0.29) is 41.3 Å². The Hall–Kier alpha value is -1.98. The van der Waals surface area contributed by atoms with Gasteiger partial charge in [0.2, 0.25) is 5.91 Å². The lowest BCUT2D eigenvalue weighted by molar-refractivity contribution is -0.137. The number of halogens is 4. The normalized spacial score (nSPS) is 23.4. The van der Waals surface area contributed by atoms with Crippen LogP contribution in [-0.4, -0.2) is 38.1 Å². The van der Waals surface area contributed by atoms with Gasteiger partial charge in [-0.15, -0.1) is 12.4 Å². The fourth-order valence-electron chi connectivity index (χ4n) is 4.55. The van der Waals surface area contributed by atoms with Crippen LogP contribution in [0.1, 0.15) is 36.8 Å². The van der Waals surface area contributed by atoms with Crippen LogP contribution < -0.4 is 15.5 Å². The summed E-state index contributed by atoms with van der Waals surface area (Å²) in [4.78, 5) is 14.8. The van der Waals surface area contributed by atoms with Gasteiger partial charge in [0, 0.05) is 30.2 Å². The molecule has 2 heterocycles. The van der Waals surface area contributed by atoms with Gasteiger partial charge in [0.15, 0.2) is 0 Å². The number of hydrogen-bond donors (Lipinski definition) is 2. The van der Waals surface area contributed by atoms with Crippen molar-refractivity contribution in [3.05, 3.63) is 29.3 Å². The van der Waals surface area contributed by atoms with E-state index in [0.29, 0.717) is 18.8 Å². The smallest absolute Gasteiger partial charge is 0.370 e. The maximum atomic E-state index is 13.4. The minimum Gasteiger partial charge on any atom is -0.370 e. The average Bonchev–Trinajstić information content (AvgIpc) is 3.41. The van der Waals surface area contributed by atoms with Crippen molar-refractivity contribution in [1.29, 1.82) is 5.26 Å². The molecule has 9 heteroatoms. The lowest BCUT2D eigenvalue weighted by atomic mass is 9.71. The summed E-state index contributed by atoms with van der Waals surface area (Å²) in [5, 5.41) is 15.4. The van der Waals surface area contributed by atoms with E-state index in [9.17, 15) is 18.0 Å². The van der Waals surface area contributed by atoms with Gasteiger partial charge in [0.1, 0.15) is 0 Å². The predicted octanol–water partition coefficient (Wildman–Crippen LogP) is 3.08. The maximum Gasteiger partial charge on any atom is 0.417 e. The number of rotatable bonds is 3. The summed E-state index contributed by atoms with van der Waals surface area (Å²) >= 11 is 0. The largest absolute Gasteiger partial charge is 0.417 e. The number of amides is 1.